The fourth-order valence-electron chi connectivity index (χ4n) is 2.31. The van der Waals surface area contributed by atoms with Gasteiger partial charge in [-0.3, -0.25) is 0 Å². The zero-order chi connectivity index (χ0) is 16.3. The van der Waals surface area contributed by atoms with E-state index in [1.54, 1.807) is 0 Å². The highest BCUT2D eigenvalue weighted by atomic mass is 14.2. The summed E-state index contributed by atoms with van der Waals surface area (Å²) in [6, 6.07) is 10.5. The molecule has 0 heterocycles. The number of hydrogen-bond donors (Lipinski definition) is 0. The molecule has 0 nitrogen and oxygen atoms in total. The normalized spacial score (nSPS) is 12.4. The van der Waals surface area contributed by atoms with E-state index in [2.05, 4.69) is 52.0 Å². The first-order valence-electron chi connectivity index (χ1n) is 9.32. The molecule has 0 aliphatic heterocycles. The molecule has 1 aromatic rings. The highest BCUT2D eigenvalue weighted by Crippen LogP contribution is 2.25. The Morgan fingerprint density at radius 3 is 1.48 bits per heavy atom. The molecule has 1 aliphatic rings. The van der Waals surface area contributed by atoms with Gasteiger partial charge in [0.25, 0.3) is 0 Å². The largest absolute Gasteiger partial charge is 0.0776 e. The minimum Gasteiger partial charge on any atom is -0.0776 e. The molecule has 0 bridgehead atoms. The SMILES string of the molecule is C.C.CC.CCC.CCC1CCCCC1.CCc1ccccc1. The van der Waals surface area contributed by atoms with Crippen molar-refractivity contribution >= 4 is 0 Å². The van der Waals surface area contributed by atoms with Crippen LogP contribution in [0.15, 0.2) is 30.3 Å². The third-order valence-corrected chi connectivity index (χ3v) is 3.55. The van der Waals surface area contributed by atoms with Gasteiger partial charge in [-0.1, -0.05) is 132 Å². The standard InChI is InChI=1S/C8H16.C8H10.C3H8.C2H6.2CH4/c2*1-2-8-6-4-3-5-7-8;1-3-2;1-2;;/h8H,2-7H2,1H3;3-7H,2H2,1H3;3H2,1-2H3;1-2H3;2*1H4. The molecular weight excluding hydrogens is 276 g/mol. The van der Waals surface area contributed by atoms with Crippen molar-refractivity contribution in [2.75, 3.05) is 0 Å². The lowest BCUT2D eigenvalue weighted by molar-refractivity contribution is 0.349. The van der Waals surface area contributed by atoms with Crippen LogP contribution in [0.25, 0.3) is 0 Å². The van der Waals surface area contributed by atoms with E-state index < -0.39 is 0 Å². The van der Waals surface area contributed by atoms with Gasteiger partial charge in [-0.2, -0.15) is 0 Å². The second kappa shape index (κ2) is 26.1. The van der Waals surface area contributed by atoms with Crippen LogP contribution in [0, 0.1) is 5.92 Å². The molecular formula is C23H48. The maximum Gasteiger partial charge on any atom is -0.0307 e. The first-order chi connectivity index (χ1) is 10.3. The molecule has 0 spiro atoms. The first kappa shape index (κ1) is 30.1. The lowest BCUT2D eigenvalue weighted by atomic mass is 9.88. The molecule has 0 atom stereocenters. The van der Waals surface area contributed by atoms with E-state index >= 15 is 0 Å². The summed E-state index contributed by atoms with van der Waals surface area (Å²) in [5, 5.41) is 0. The molecule has 0 saturated heterocycles. The van der Waals surface area contributed by atoms with Crippen molar-refractivity contribution < 1.29 is 0 Å². The molecule has 1 aliphatic carbocycles. The van der Waals surface area contributed by atoms with E-state index in [0.29, 0.717) is 0 Å². The van der Waals surface area contributed by atoms with Gasteiger partial charge < -0.3 is 0 Å². The Balaban J connectivity index is -0.000000115. The molecule has 0 amide bonds. The van der Waals surface area contributed by atoms with Crippen LogP contribution in [-0.4, -0.2) is 0 Å². The topological polar surface area (TPSA) is 0 Å². The number of aryl methyl sites for hydroxylation is 1. The van der Waals surface area contributed by atoms with Crippen molar-refractivity contribution in [3.8, 4) is 0 Å². The van der Waals surface area contributed by atoms with Crippen LogP contribution in [0.5, 0.6) is 0 Å². The Morgan fingerprint density at radius 1 is 0.783 bits per heavy atom. The van der Waals surface area contributed by atoms with Crippen molar-refractivity contribution in [3.63, 3.8) is 0 Å². The molecule has 1 saturated carbocycles. The Labute approximate surface area is 150 Å². The summed E-state index contributed by atoms with van der Waals surface area (Å²) in [5.41, 5.74) is 1.41. The summed E-state index contributed by atoms with van der Waals surface area (Å²) >= 11 is 0. The molecule has 23 heavy (non-hydrogen) atoms. The molecule has 0 aromatic heterocycles. The van der Waals surface area contributed by atoms with Gasteiger partial charge in [-0.15, -0.1) is 0 Å². The van der Waals surface area contributed by atoms with E-state index in [1.165, 1.54) is 50.5 Å². The average molecular weight is 325 g/mol. The highest BCUT2D eigenvalue weighted by molar-refractivity contribution is 5.13. The summed E-state index contributed by atoms with van der Waals surface area (Å²) < 4.78 is 0. The van der Waals surface area contributed by atoms with Crippen molar-refractivity contribution in [1.82, 2.24) is 0 Å². The lowest BCUT2D eigenvalue weighted by Crippen LogP contribution is -2.03. The van der Waals surface area contributed by atoms with Gasteiger partial charge in [0.1, 0.15) is 0 Å². The van der Waals surface area contributed by atoms with Crippen molar-refractivity contribution in [2.24, 2.45) is 5.92 Å². The monoisotopic (exact) mass is 324 g/mol. The van der Waals surface area contributed by atoms with E-state index in [-0.39, 0.29) is 14.9 Å². The summed E-state index contributed by atoms with van der Waals surface area (Å²) in [7, 11) is 0. The third kappa shape index (κ3) is 21.2. The van der Waals surface area contributed by atoms with Crippen LogP contribution in [0.3, 0.4) is 0 Å². The summed E-state index contributed by atoms with van der Waals surface area (Å²) in [6.45, 7) is 12.7. The maximum absolute atomic E-state index is 2.32. The average Bonchev–Trinajstić information content (AvgIpc) is 2.59. The van der Waals surface area contributed by atoms with Crippen LogP contribution in [-0.2, 0) is 6.42 Å². The Bertz CT molecular complexity index is 257. The summed E-state index contributed by atoms with van der Waals surface area (Å²) in [4.78, 5) is 0. The second-order valence-corrected chi connectivity index (χ2v) is 5.46. The van der Waals surface area contributed by atoms with Gasteiger partial charge in [-0.05, 0) is 17.9 Å². The zero-order valence-electron chi connectivity index (χ0n) is 15.6. The fourth-order valence-corrected chi connectivity index (χ4v) is 2.31. The quantitative estimate of drug-likeness (QED) is 0.509. The second-order valence-electron chi connectivity index (χ2n) is 5.46. The zero-order valence-corrected chi connectivity index (χ0v) is 15.6. The van der Waals surface area contributed by atoms with Crippen LogP contribution < -0.4 is 0 Å². The Hall–Kier alpha value is -0.780. The molecule has 0 heteroatoms. The number of rotatable bonds is 2. The van der Waals surface area contributed by atoms with Gasteiger partial charge in [0.15, 0.2) is 0 Å². The number of benzene rings is 1. The van der Waals surface area contributed by atoms with Crippen LogP contribution >= 0.6 is 0 Å². The third-order valence-electron chi connectivity index (χ3n) is 3.55. The molecule has 1 fully saturated rings. The van der Waals surface area contributed by atoms with Gasteiger partial charge in [0, 0.05) is 0 Å². The summed E-state index contributed by atoms with van der Waals surface area (Å²) in [6.07, 6.45) is 11.3. The molecule has 0 unspecified atom stereocenters. The van der Waals surface area contributed by atoms with E-state index in [1.807, 2.05) is 19.9 Å². The number of hydrogen-bond acceptors (Lipinski definition) is 0. The van der Waals surface area contributed by atoms with Gasteiger partial charge in [-0.25, -0.2) is 0 Å². The van der Waals surface area contributed by atoms with E-state index in [0.717, 1.165) is 12.3 Å². The molecule has 0 N–H and O–H groups in total. The van der Waals surface area contributed by atoms with Gasteiger partial charge in [0.05, 0.1) is 0 Å². The van der Waals surface area contributed by atoms with E-state index in [4.69, 9.17) is 0 Å². The van der Waals surface area contributed by atoms with Crippen LogP contribution in [0.2, 0.25) is 0 Å². The predicted molar refractivity (Wildman–Crippen MR) is 113 cm³/mol. The fraction of sp³-hybridized carbons (Fsp3) is 0.739. The van der Waals surface area contributed by atoms with Crippen LogP contribution in [0.4, 0.5) is 0 Å². The summed E-state index contributed by atoms with van der Waals surface area (Å²) in [5.74, 6) is 1.09. The van der Waals surface area contributed by atoms with E-state index in [9.17, 15) is 0 Å². The minimum atomic E-state index is 0. The smallest absolute Gasteiger partial charge is 0.0307 e. The first-order valence-corrected chi connectivity index (χ1v) is 9.32. The Morgan fingerprint density at radius 2 is 1.22 bits per heavy atom. The predicted octanol–water partition coefficient (Wildman–Crippen LogP) is 8.94. The van der Waals surface area contributed by atoms with Crippen molar-refractivity contribution in [3.05, 3.63) is 35.9 Å². The molecule has 2 rings (SSSR count). The van der Waals surface area contributed by atoms with Gasteiger partial charge in [0.2, 0.25) is 0 Å². The van der Waals surface area contributed by atoms with Gasteiger partial charge >= 0.3 is 0 Å². The maximum atomic E-state index is 2.32. The van der Waals surface area contributed by atoms with Crippen LogP contribution in [0.1, 0.15) is 107 Å². The van der Waals surface area contributed by atoms with Crippen molar-refractivity contribution in [2.45, 2.75) is 108 Å². The van der Waals surface area contributed by atoms with Crippen molar-refractivity contribution in [1.29, 1.82) is 0 Å². The molecule has 0 radical (unpaired) electrons. The lowest BCUT2D eigenvalue weighted by Gasteiger charge is -2.18. The molecule has 140 valence electrons. The Kier molecular flexibility index (Phi) is 34.2. The molecule has 1 aromatic carbocycles. The highest BCUT2D eigenvalue weighted by Gasteiger charge is 2.09. The minimum absolute atomic E-state index is 0.